The van der Waals surface area contributed by atoms with Crippen molar-refractivity contribution in [1.82, 2.24) is 4.57 Å². The quantitative estimate of drug-likeness (QED) is 0.779. The van der Waals surface area contributed by atoms with Crippen molar-refractivity contribution < 1.29 is 4.79 Å². The summed E-state index contributed by atoms with van der Waals surface area (Å²) >= 11 is 3.33. The van der Waals surface area contributed by atoms with Gasteiger partial charge in [0.05, 0.1) is 6.54 Å². The molecule has 0 N–H and O–H groups in total. The van der Waals surface area contributed by atoms with Crippen LogP contribution in [0.5, 0.6) is 0 Å². The molecule has 0 aliphatic carbocycles. The van der Waals surface area contributed by atoms with E-state index >= 15 is 0 Å². The van der Waals surface area contributed by atoms with Gasteiger partial charge in [0, 0.05) is 21.8 Å². The van der Waals surface area contributed by atoms with Gasteiger partial charge in [0.15, 0.2) is 0 Å². The third kappa shape index (κ3) is 2.02. The van der Waals surface area contributed by atoms with Crippen LogP contribution >= 0.6 is 15.9 Å². The number of hydrogen-bond donors (Lipinski definition) is 0. The molecule has 2 nitrogen and oxygen atoms in total. The molecule has 0 aliphatic rings. The molecule has 0 unspecified atom stereocenters. The van der Waals surface area contributed by atoms with E-state index in [2.05, 4.69) is 27.1 Å². The van der Waals surface area contributed by atoms with Crippen LogP contribution in [0.3, 0.4) is 0 Å². The maximum atomic E-state index is 10.7. The van der Waals surface area contributed by atoms with Crippen LogP contribution in [0.1, 0.15) is 10.4 Å². The Kier molecular flexibility index (Phi) is 2.73. The Morgan fingerprint density at radius 1 is 1.47 bits per heavy atom. The summed E-state index contributed by atoms with van der Waals surface area (Å²) in [5.74, 6) is 0. The van der Waals surface area contributed by atoms with Crippen molar-refractivity contribution in [3.63, 3.8) is 0 Å². The number of carbonyl (C=O) groups excluding carboxylic acids is 1. The highest BCUT2D eigenvalue weighted by Crippen LogP contribution is 2.19. The van der Waals surface area contributed by atoms with Gasteiger partial charge in [0.2, 0.25) is 0 Å². The van der Waals surface area contributed by atoms with Crippen molar-refractivity contribution in [2.45, 2.75) is 6.54 Å². The summed E-state index contributed by atoms with van der Waals surface area (Å²) < 4.78 is 2.97. The van der Waals surface area contributed by atoms with Crippen LogP contribution < -0.4 is 0 Å². The Morgan fingerprint density at radius 2 is 2.27 bits per heavy atom. The molecular weight excluding hydrogens is 254 g/mol. The summed E-state index contributed by atoms with van der Waals surface area (Å²) in [6.07, 6.45) is 2.85. The highest BCUT2D eigenvalue weighted by molar-refractivity contribution is 9.11. The van der Waals surface area contributed by atoms with Crippen LogP contribution in [0.4, 0.5) is 0 Å². The Bertz CT molecular complexity index is 527. The number of carbonyl (C=O) groups is 1. The Hall–Kier alpha value is -1.35. The van der Waals surface area contributed by atoms with Gasteiger partial charge in [0.25, 0.3) is 0 Å². The van der Waals surface area contributed by atoms with Crippen molar-refractivity contribution in [1.29, 1.82) is 0 Å². The van der Waals surface area contributed by atoms with Crippen molar-refractivity contribution in [2.75, 3.05) is 0 Å². The lowest BCUT2D eigenvalue weighted by Crippen LogP contribution is -1.95. The first kappa shape index (κ1) is 10.2. The van der Waals surface area contributed by atoms with Gasteiger partial charge in [0.1, 0.15) is 6.29 Å². The molecule has 0 fully saturated rings. The zero-order valence-electron chi connectivity index (χ0n) is 8.11. The van der Waals surface area contributed by atoms with Crippen LogP contribution in [-0.2, 0) is 6.54 Å². The van der Waals surface area contributed by atoms with Crippen molar-refractivity contribution in [3.8, 4) is 0 Å². The first-order chi connectivity index (χ1) is 7.20. The van der Waals surface area contributed by atoms with Gasteiger partial charge in [-0.05, 0) is 17.5 Å². The third-order valence-electron chi connectivity index (χ3n) is 2.28. The van der Waals surface area contributed by atoms with Gasteiger partial charge in [-0.15, -0.1) is 0 Å². The normalized spacial score (nSPS) is 10.5. The lowest BCUT2D eigenvalue weighted by Gasteiger charge is -2.03. The molecule has 1 aromatic heterocycles. The molecule has 0 saturated heterocycles. The van der Waals surface area contributed by atoms with E-state index in [1.807, 2.05) is 30.5 Å². The number of aldehydes is 1. The molecule has 15 heavy (non-hydrogen) atoms. The van der Waals surface area contributed by atoms with Crippen LogP contribution in [0.2, 0.25) is 0 Å². The fourth-order valence-electron chi connectivity index (χ4n) is 1.60. The molecule has 1 aromatic carbocycles. The molecule has 0 radical (unpaired) electrons. The van der Waals surface area contributed by atoms with Gasteiger partial charge in [-0.3, -0.25) is 4.79 Å². The summed E-state index contributed by atoms with van der Waals surface area (Å²) in [5, 5.41) is 1.13. The molecule has 1 heterocycles. The highest BCUT2D eigenvalue weighted by atomic mass is 79.9. The molecular formula is C12H10BrNO. The molecule has 76 valence electrons. The number of aromatic nitrogens is 1. The molecule has 3 heteroatoms. The number of nitrogens with zero attached hydrogens (tertiary/aromatic N) is 1. The van der Waals surface area contributed by atoms with Gasteiger partial charge in [-0.25, -0.2) is 0 Å². The highest BCUT2D eigenvalue weighted by Gasteiger charge is 2.02. The Labute approximate surface area is 96.3 Å². The fourth-order valence-corrected chi connectivity index (χ4v) is 1.87. The van der Waals surface area contributed by atoms with E-state index in [9.17, 15) is 4.79 Å². The summed E-state index contributed by atoms with van der Waals surface area (Å²) in [5.41, 5.74) is 1.75. The van der Waals surface area contributed by atoms with Crippen molar-refractivity contribution in [3.05, 3.63) is 47.1 Å². The van der Waals surface area contributed by atoms with E-state index in [1.54, 1.807) is 0 Å². The molecule has 0 aliphatic heterocycles. The Balaban J connectivity index is 2.55. The minimum Gasteiger partial charge on any atom is -0.343 e. The summed E-state index contributed by atoms with van der Waals surface area (Å²) in [7, 11) is 0. The van der Waals surface area contributed by atoms with Crippen molar-refractivity contribution >= 4 is 33.1 Å². The van der Waals surface area contributed by atoms with E-state index in [0.717, 1.165) is 21.7 Å². The van der Waals surface area contributed by atoms with E-state index in [0.29, 0.717) is 12.1 Å². The second-order valence-corrected chi connectivity index (χ2v) is 4.52. The lowest BCUT2D eigenvalue weighted by atomic mass is 10.2. The number of benzene rings is 1. The van der Waals surface area contributed by atoms with E-state index < -0.39 is 0 Å². The molecule has 0 bridgehead atoms. The Morgan fingerprint density at radius 3 is 2.93 bits per heavy atom. The monoisotopic (exact) mass is 263 g/mol. The topological polar surface area (TPSA) is 22.0 Å². The largest absolute Gasteiger partial charge is 0.343 e. The maximum absolute atomic E-state index is 10.7. The van der Waals surface area contributed by atoms with Gasteiger partial charge < -0.3 is 4.57 Å². The minimum atomic E-state index is 0.697. The average molecular weight is 264 g/mol. The van der Waals surface area contributed by atoms with Crippen LogP contribution in [-0.4, -0.2) is 10.9 Å². The van der Waals surface area contributed by atoms with Gasteiger partial charge in [-0.2, -0.15) is 0 Å². The van der Waals surface area contributed by atoms with Crippen LogP contribution in [0.25, 0.3) is 10.9 Å². The van der Waals surface area contributed by atoms with E-state index in [-0.39, 0.29) is 0 Å². The SMILES string of the molecule is C=C(Br)Cn1ccc2ccc(C=O)cc21. The zero-order valence-corrected chi connectivity index (χ0v) is 9.70. The standard InChI is InChI=1S/C12H10BrNO/c1-9(13)7-14-5-4-11-3-2-10(8-15)6-12(11)14/h2-6,8H,1,7H2. The van der Waals surface area contributed by atoms with Crippen molar-refractivity contribution in [2.24, 2.45) is 0 Å². The average Bonchev–Trinajstić information content (AvgIpc) is 2.60. The second-order valence-electron chi connectivity index (χ2n) is 3.40. The van der Waals surface area contributed by atoms with Crippen LogP contribution in [0, 0.1) is 0 Å². The third-order valence-corrected chi connectivity index (χ3v) is 2.53. The number of hydrogen-bond acceptors (Lipinski definition) is 1. The molecule has 0 saturated carbocycles. The van der Waals surface area contributed by atoms with Crippen LogP contribution in [0.15, 0.2) is 41.5 Å². The minimum absolute atomic E-state index is 0.697. The number of fused-ring (bicyclic) bond motifs is 1. The summed E-state index contributed by atoms with van der Waals surface area (Å²) in [6, 6.07) is 7.69. The summed E-state index contributed by atoms with van der Waals surface area (Å²) in [4.78, 5) is 10.7. The second kappa shape index (κ2) is 4.03. The molecule has 0 amide bonds. The molecule has 2 aromatic rings. The lowest BCUT2D eigenvalue weighted by molar-refractivity contribution is 0.112. The summed E-state index contributed by atoms with van der Waals surface area (Å²) in [6.45, 7) is 4.52. The number of rotatable bonds is 3. The maximum Gasteiger partial charge on any atom is 0.150 e. The smallest absolute Gasteiger partial charge is 0.150 e. The van der Waals surface area contributed by atoms with E-state index in [1.165, 1.54) is 0 Å². The first-order valence-electron chi connectivity index (χ1n) is 4.58. The van der Waals surface area contributed by atoms with E-state index in [4.69, 9.17) is 0 Å². The van der Waals surface area contributed by atoms with Gasteiger partial charge >= 0.3 is 0 Å². The molecule has 0 atom stereocenters. The first-order valence-corrected chi connectivity index (χ1v) is 5.37. The number of allylic oxidation sites excluding steroid dienone is 1. The number of halogens is 1. The molecule has 2 rings (SSSR count). The van der Waals surface area contributed by atoms with Gasteiger partial charge in [-0.1, -0.05) is 34.6 Å². The predicted octanol–water partition coefficient (Wildman–Crippen LogP) is 3.36. The predicted molar refractivity (Wildman–Crippen MR) is 65.4 cm³/mol. The fraction of sp³-hybridized carbons (Fsp3) is 0.0833. The zero-order chi connectivity index (χ0) is 10.8. The molecule has 0 spiro atoms.